The fourth-order valence-electron chi connectivity index (χ4n) is 1.32. The van der Waals surface area contributed by atoms with E-state index in [1.54, 1.807) is 11.3 Å². The maximum Gasteiger partial charge on any atom is 0.221 e. The van der Waals surface area contributed by atoms with Crippen LogP contribution >= 0.6 is 36.2 Å². The van der Waals surface area contributed by atoms with E-state index in [9.17, 15) is 4.79 Å². The van der Waals surface area contributed by atoms with Crippen molar-refractivity contribution in [2.45, 2.75) is 39.2 Å². The lowest BCUT2D eigenvalue weighted by Gasteiger charge is -2.05. The Balaban J connectivity index is 0. The molecule has 106 valence electrons. The van der Waals surface area contributed by atoms with Crippen LogP contribution in [0.3, 0.4) is 0 Å². The zero-order chi connectivity index (χ0) is 12.0. The normalized spacial score (nSPS) is 11.1. The van der Waals surface area contributed by atoms with E-state index < -0.39 is 0 Å². The maximum atomic E-state index is 11.3. The second-order valence-corrected chi connectivity index (χ2v) is 4.81. The zero-order valence-electron chi connectivity index (χ0n) is 10.6. The minimum atomic E-state index is -0.0778. The molecule has 7 heteroatoms. The number of hydrogen-bond acceptors (Lipinski definition) is 4. The summed E-state index contributed by atoms with van der Waals surface area (Å²) < 4.78 is 0. The number of carbonyl (C=O) groups is 1. The number of halogens is 2. The molecular weight excluding hydrogens is 293 g/mol. The molecule has 0 saturated carbocycles. The molecule has 1 aromatic heterocycles. The van der Waals surface area contributed by atoms with Crippen LogP contribution in [0.5, 0.6) is 0 Å². The number of amides is 1. The average Bonchev–Trinajstić information content (AvgIpc) is 2.64. The first-order valence-corrected chi connectivity index (χ1v) is 6.45. The Kier molecular flexibility index (Phi) is 11.7. The molecule has 0 saturated heterocycles. The number of thiazole rings is 1. The van der Waals surface area contributed by atoms with Gasteiger partial charge in [0.05, 0.1) is 10.7 Å². The maximum absolute atomic E-state index is 11.3. The van der Waals surface area contributed by atoms with Crippen LogP contribution in [-0.4, -0.2) is 23.5 Å². The van der Waals surface area contributed by atoms with E-state index in [4.69, 9.17) is 5.73 Å². The SMILES string of the molecule is CCc1nc(CCNC(=O)CC(C)N)cs1.Cl.Cl. The lowest BCUT2D eigenvalue weighted by atomic mass is 10.2. The summed E-state index contributed by atoms with van der Waals surface area (Å²) in [5, 5.41) is 6.04. The Bertz CT molecular complexity index is 345. The number of nitrogens with two attached hydrogens (primary N) is 1. The van der Waals surface area contributed by atoms with Gasteiger partial charge in [-0.1, -0.05) is 6.92 Å². The zero-order valence-corrected chi connectivity index (χ0v) is 13.1. The number of aryl methyl sites for hydroxylation is 1. The summed E-state index contributed by atoms with van der Waals surface area (Å²) in [6.07, 6.45) is 2.15. The first-order chi connectivity index (χ1) is 7.61. The molecular formula is C11H21Cl2N3OS. The van der Waals surface area contributed by atoms with E-state index in [1.807, 2.05) is 6.92 Å². The van der Waals surface area contributed by atoms with Crippen molar-refractivity contribution in [2.24, 2.45) is 5.73 Å². The van der Waals surface area contributed by atoms with Crippen LogP contribution in [0.2, 0.25) is 0 Å². The highest BCUT2D eigenvalue weighted by Crippen LogP contribution is 2.10. The minimum Gasteiger partial charge on any atom is -0.356 e. The van der Waals surface area contributed by atoms with Crippen molar-refractivity contribution in [3.8, 4) is 0 Å². The quantitative estimate of drug-likeness (QED) is 0.843. The van der Waals surface area contributed by atoms with Crippen molar-refractivity contribution >= 4 is 42.1 Å². The molecule has 18 heavy (non-hydrogen) atoms. The first-order valence-electron chi connectivity index (χ1n) is 5.57. The van der Waals surface area contributed by atoms with Crippen LogP contribution in [0.25, 0.3) is 0 Å². The van der Waals surface area contributed by atoms with Crippen LogP contribution in [-0.2, 0) is 17.6 Å². The van der Waals surface area contributed by atoms with E-state index in [-0.39, 0.29) is 36.8 Å². The van der Waals surface area contributed by atoms with Gasteiger partial charge in [0, 0.05) is 30.8 Å². The number of carbonyl (C=O) groups excluding carboxylic acids is 1. The fourth-order valence-corrected chi connectivity index (χ4v) is 2.10. The van der Waals surface area contributed by atoms with Crippen molar-refractivity contribution < 1.29 is 4.79 Å². The fraction of sp³-hybridized carbons (Fsp3) is 0.636. The van der Waals surface area contributed by atoms with Gasteiger partial charge in [0.1, 0.15) is 0 Å². The number of nitrogens with zero attached hydrogens (tertiary/aromatic N) is 1. The molecule has 0 aliphatic carbocycles. The molecule has 0 fully saturated rings. The molecule has 0 aromatic carbocycles. The van der Waals surface area contributed by atoms with Gasteiger partial charge in [-0.3, -0.25) is 4.79 Å². The first kappa shape index (κ1) is 20.0. The summed E-state index contributed by atoms with van der Waals surface area (Å²) in [4.78, 5) is 15.7. The lowest BCUT2D eigenvalue weighted by molar-refractivity contribution is -0.121. The molecule has 1 aromatic rings. The molecule has 1 heterocycles. The summed E-state index contributed by atoms with van der Waals surface area (Å²) in [5.41, 5.74) is 6.58. The molecule has 1 atom stereocenters. The smallest absolute Gasteiger partial charge is 0.221 e. The highest BCUT2D eigenvalue weighted by molar-refractivity contribution is 7.09. The summed E-state index contributed by atoms with van der Waals surface area (Å²) in [6.45, 7) is 4.55. The summed E-state index contributed by atoms with van der Waals surface area (Å²) in [5.74, 6) is 0.0148. The average molecular weight is 314 g/mol. The van der Waals surface area contributed by atoms with E-state index in [2.05, 4.69) is 22.6 Å². The summed E-state index contributed by atoms with van der Waals surface area (Å²) in [6, 6.07) is -0.0778. The molecule has 0 aliphatic rings. The molecule has 1 rings (SSSR count). The van der Waals surface area contributed by atoms with E-state index in [0.717, 1.165) is 23.5 Å². The van der Waals surface area contributed by atoms with E-state index >= 15 is 0 Å². The Morgan fingerprint density at radius 2 is 2.22 bits per heavy atom. The van der Waals surface area contributed by atoms with Crippen LogP contribution in [0.1, 0.15) is 31.0 Å². The van der Waals surface area contributed by atoms with Gasteiger partial charge >= 0.3 is 0 Å². The second kappa shape index (κ2) is 10.6. The van der Waals surface area contributed by atoms with Gasteiger partial charge in [-0.05, 0) is 13.3 Å². The van der Waals surface area contributed by atoms with Crippen molar-refractivity contribution in [2.75, 3.05) is 6.54 Å². The van der Waals surface area contributed by atoms with Gasteiger partial charge in [0.25, 0.3) is 0 Å². The second-order valence-electron chi connectivity index (χ2n) is 3.87. The number of hydrogen-bond donors (Lipinski definition) is 2. The molecule has 1 unspecified atom stereocenters. The van der Waals surface area contributed by atoms with Gasteiger partial charge < -0.3 is 11.1 Å². The molecule has 3 N–H and O–H groups in total. The predicted octanol–water partition coefficient (Wildman–Crippen LogP) is 1.95. The van der Waals surface area contributed by atoms with Gasteiger partial charge in [-0.2, -0.15) is 0 Å². The Hall–Kier alpha value is -0.360. The Morgan fingerprint density at radius 3 is 2.72 bits per heavy atom. The highest BCUT2D eigenvalue weighted by Gasteiger charge is 2.05. The van der Waals surface area contributed by atoms with Crippen molar-refractivity contribution in [1.82, 2.24) is 10.3 Å². The lowest BCUT2D eigenvalue weighted by Crippen LogP contribution is -2.31. The summed E-state index contributed by atoms with van der Waals surface area (Å²) in [7, 11) is 0. The third kappa shape index (κ3) is 7.87. The number of rotatable bonds is 6. The van der Waals surface area contributed by atoms with E-state index in [1.165, 1.54) is 0 Å². The van der Waals surface area contributed by atoms with E-state index in [0.29, 0.717) is 13.0 Å². The number of nitrogens with one attached hydrogen (secondary N) is 1. The topological polar surface area (TPSA) is 68.0 Å². The van der Waals surface area contributed by atoms with Crippen molar-refractivity contribution in [1.29, 1.82) is 0 Å². The monoisotopic (exact) mass is 313 g/mol. The standard InChI is InChI=1S/C11H19N3OS.2ClH/c1-3-11-14-9(7-16-11)4-5-13-10(15)6-8(2)12;;/h7-8H,3-6,12H2,1-2H3,(H,13,15);2*1H. The van der Waals surface area contributed by atoms with Crippen molar-refractivity contribution in [3.05, 3.63) is 16.1 Å². The highest BCUT2D eigenvalue weighted by atomic mass is 35.5. The van der Waals surface area contributed by atoms with Gasteiger partial charge in [0.2, 0.25) is 5.91 Å². The predicted molar refractivity (Wildman–Crippen MR) is 81.0 cm³/mol. The summed E-state index contributed by atoms with van der Waals surface area (Å²) >= 11 is 1.68. The number of aromatic nitrogens is 1. The van der Waals surface area contributed by atoms with Crippen LogP contribution in [0.15, 0.2) is 5.38 Å². The third-order valence-corrected chi connectivity index (χ3v) is 3.15. The molecule has 0 aliphatic heterocycles. The van der Waals surface area contributed by atoms with Gasteiger partial charge in [-0.25, -0.2) is 4.98 Å². The van der Waals surface area contributed by atoms with Gasteiger partial charge in [-0.15, -0.1) is 36.2 Å². The molecule has 1 amide bonds. The van der Waals surface area contributed by atoms with Crippen LogP contribution in [0, 0.1) is 0 Å². The minimum absolute atomic E-state index is 0. The molecule has 0 spiro atoms. The van der Waals surface area contributed by atoms with Gasteiger partial charge in [0.15, 0.2) is 0 Å². The molecule has 0 bridgehead atoms. The molecule has 4 nitrogen and oxygen atoms in total. The molecule has 0 radical (unpaired) electrons. The van der Waals surface area contributed by atoms with Crippen LogP contribution in [0.4, 0.5) is 0 Å². The third-order valence-electron chi connectivity index (χ3n) is 2.11. The van der Waals surface area contributed by atoms with Crippen LogP contribution < -0.4 is 11.1 Å². The Labute approximate surface area is 125 Å². The van der Waals surface area contributed by atoms with Crippen molar-refractivity contribution in [3.63, 3.8) is 0 Å². The largest absolute Gasteiger partial charge is 0.356 e. The Morgan fingerprint density at radius 1 is 1.56 bits per heavy atom.